The van der Waals surface area contributed by atoms with Gasteiger partial charge < -0.3 is 9.47 Å². The number of hydrogen-bond acceptors (Lipinski definition) is 6. The van der Waals surface area contributed by atoms with Crippen molar-refractivity contribution >= 4 is 11.9 Å². The monoisotopic (exact) mass is 317 g/mol. The molecule has 7 heteroatoms. The first-order valence-electron chi connectivity index (χ1n) is 7.08. The molecular formula is C16H19N3O4. The lowest BCUT2D eigenvalue weighted by atomic mass is 10.1. The van der Waals surface area contributed by atoms with Gasteiger partial charge in [-0.05, 0) is 38.5 Å². The first kappa shape index (κ1) is 16.7. The standard InChI is InChI=1S/C16H19N3O4/c1-16(2,3)23-14(20)12-7-5-6-11(8-12)9-19-13(15(21)22-4)17-10-18-19/h5-8,10H,9H2,1-4H3. The largest absolute Gasteiger partial charge is 0.463 e. The van der Waals surface area contributed by atoms with Crippen LogP contribution < -0.4 is 0 Å². The molecule has 23 heavy (non-hydrogen) atoms. The number of benzene rings is 1. The van der Waals surface area contributed by atoms with E-state index < -0.39 is 17.5 Å². The number of methoxy groups -OCH3 is 1. The maximum atomic E-state index is 12.1. The van der Waals surface area contributed by atoms with Crippen molar-refractivity contribution in [2.24, 2.45) is 0 Å². The van der Waals surface area contributed by atoms with E-state index in [0.29, 0.717) is 12.1 Å². The molecule has 1 heterocycles. The minimum Gasteiger partial charge on any atom is -0.463 e. The van der Waals surface area contributed by atoms with Crippen molar-refractivity contribution in [2.75, 3.05) is 7.11 Å². The van der Waals surface area contributed by atoms with Gasteiger partial charge in [-0.25, -0.2) is 19.3 Å². The topological polar surface area (TPSA) is 83.3 Å². The zero-order valence-corrected chi connectivity index (χ0v) is 13.6. The van der Waals surface area contributed by atoms with Crippen molar-refractivity contribution in [3.63, 3.8) is 0 Å². The molecule has 0 saturated heterocycles. The summed E-state index contributed by atoms with van der Waals surface area (Å²) in [5, 5.41) is 4.00. The normalized spacial score (nSPS) is 11.1. The van der Waals surface area contributed by atoms with E-state index in [9.17, 15) is 9.59 Å². The molecule has 2 rings (SSSR count). The summed E-state index contributed by atoms with van der Waals surface area (Å²) in [7, 11) is 1.28. The Bertz CT molecular complexity index is 716. The fraction of sp³-hybridized carbons (Fsp3) is 0.375. The third-order valence-corrected chi connectivity index (χ3v) is 2.88. The van der Waals surface area contributed by atoms with Crippen LogP contribution in [0.3, 0.4) is 0 Å². The minimum absolute atomic E-state index is 0.107. The number of aromatic nitrogens is 3. The van der Waals surface area contributed by atoms with Crippen LogP contribution >= 0.6 is 0 Å². The van der Waals surface area contributed by atoms with Crippen LogP contribution in [0, 0.1) is 0 Å². The Morgan fingerprint density at radius 2 is 1.96 bits per heavy atom. The summed E-state index contributed by atoms with van der Waals surface area (Å²) < 4.78 is 11.4. The second kappa shape index (κ2) is 6.60. The molecule has 0 aliphatic heterocycles. The lowest BCUT2D eigenvalue weighted by molar-refractivity contribution is 0.00691. The van der Waals surface area contributed by atoms with E-state index in [-0.39, 0.29) is 5.82 Å². The highest BCUT2D eigenvalue weighted by molar-refractivity contribution is 5.89. The number of esters is 2. The molecule has 0 saturated carbocycles. The number of nitrogens with zero attached hydrogens (tertiary/aromatic N) is 3. The van der Waals surface area contributed by atoms with E-state index in [1.165, 1.54) is 18.1 Å². The van der Waals surface area contributed by atoms with Gasteiger partial charge in [-0.1, -0.05) is 12.1 Å². The number of rotatable bonds is 4. The van der Waals surface area contributed by atoms with Gasteiger partial charge in [-0.3, -0.25) is 0 Å². The summed E-state index contributed by atoms with van der Waals surface area (Å²) in [6.45, 7) is 5.73. The van der Waals surface area contributed by atoms with Crippen LogP contribution in [0.15, 0.2) is 30.6 Å². The molecule has 0 N–H and O–H groups in total. The van der Waals surface area contributed by atoms with Gasteiger partial charge in [0, 0.05) is 0 Å². The second-order valence-corrected chi connectivity index (χ2v) is 5.94. The second-order valence-electron chi connectivity index (χ2n) is 5.94. The lowest BCUT2D eigenvalue weighted by Crippen LogP contribution is -2.24. The van der Waals surface area contributed by atoms with Crippen LogP contribution in [0.4, 0.5) is 0 Å². The molecule has 0 fully saturated rings. The van der Waals surface area contributed by atoms with Crippen molar-refractivity contribution in [3.8, 4) is 0 Å². The Hall–Kier alpha value is -2.70. The zero-order chi connectivity index (χ0) is 17.0. The summed E-state index contributed by atoms with van der Waals surface area (Å²) >= 11 is 0. The van der Waals surface area contributed by atoms with E-state index >= 15 is 0 Å². The Kier molecular flexibility index (Phi) is 4.78. The van der Waals surface area contributed by atoms with Crippen LogP contribution in [0.1, 0.15) is 47.3 Å². The first-order chi connectivity index (χ1) is 10.8. The maximum absolute atomic E-state index is 12.1. The predicted octanol–water partition coefficient (Wildman–Crippen LogP) is 2.07. The summed E-state index contributed by atoms with van der Waals surface area (Å²) in [5.41, 5.74) is 0.679. The van der Waals surface area contributed by atoms with Crippen molar-refractivity contribution in [3.05, 3.63) is 47.5 Å². The van der Waals surface area contributed by atoms with Crippen molar-refractivity contribution in [1.29, 1.82) is 0 Å². The Balaban J connectivity index is 2.20. The van der Waals surface area contributed by atoms with E-state index in [4.69, 9.17) is 4.74 Å². The van der Waals surface area contributed by atoms with E-state index in [0.717, 1.165) is 5.56 Å². The maximum Gasteiger partial charge on any atom is 0.375 e. The van der Waals surface area contributed by atoms with Crippen LogP contribution in [0.2, 0.25) is 0 Å². The summed E-state index contributed by atoms with van der Waals surface area (Å²) in [4.78, 5) is 27.6. The highest BCUT2D eigenvalue weighted by Gasteiger charge is 2.19. The molecule has 1 aromatic heterocycles. The van der Waals surface area contributed by atoms with Gasteiger partial charge in [0.15, 0.2) is 0 Å². The number of hydrogen-bond donors (Lipinski definition) is 0. The van der Waals surface area contributed by atoms with E-state index in [1.807, 2.05) is 26.8 Å². The van der Waals surface area contributed by atoms with Gasteiger partial charge in [-0.2, -0.15) is 5.10 Å². The third-order valence-electron chi connectivity index (χ3n) is 2.88. The number of carbonyl (C=O) groups is 2. The average Bonchev–Trinajstić information content (AvgIpc) is 2.93. The van der Waals surface area contributed by atoms with Gasteiger partial charge in [0.05, 0.1) is 19.2 Å². The molecule has 0 atom stereocenters. The van der Waals surface area contributed by atoms with Gasteiger partial charge in [0.25, 0.3) is 0 Å². The fourth-order valence-electron chi connectivity index (χ4n) is 1.94. The van der Waals surface area contributed by atoms with Gasteiger partial charge >= 0.3 is 11.9 Å². The fourth-order valence-corrected chi connectivity index (χ4v) is 1.94. The van der Waals surface area contributed by atoms with Crippen LogP contribution in [0.25, 0.3) is 0 Å². The molecule has 0 radical (unpaired) electrons. The molecule has 0 amide bonds. The quantitative estimate of drug-likeness (QED) is 0.803. The number of ether oxygens (including phenoxy) is 2. The molecule has 0 aliphatic carbocycles. The Labute approximate surface area is 134 Å². The Morgan fingerprint density at radius 3 is 2.61 bits per heavy atom. The summed E-state index contributed by atoms with van der Waals surface area (Å²) in [5.74, 6) is -0.855. The molecule has 2 aromatic rings. The van der Waals surface area contributed by atoms with E-state index in [2.05, 4.69) is 14.8 Å². The minimum atomic E-state index is -0.564. The van der Waals surface area contributed by atoms with Crippen LogP contribution in [-0.4, -0.2) is 39.4 Å². The van der Waals surface area contributed by atoms with Crippen molar-refractivity contribution in [1.82, 2.24) is 14.8 Å². The van der Waals surface area contributed by atoms with Crippen molar-refractivity contribution < 1.29 is 19.1 Å². The zero-order valence-electron chi connectivity index (χ0n) is 13.6. The SMILES string of the molecule is COC(=O)c1ncnn1Cc1cccc(C(=O)OC(C)(C)C)c1. The predicted molar refractivity (Wildman–Crippen MR) is 82.1 cm³/mol. The molecular weight excluding hydrogens is 298 g/mol. The van der Waals surface area contributed by atoms with Crippen LogP contribution in [0.5, 0.6) is 0 Å². The molecule has 1 aromatic carbocycles. The van der Waals surface area contributed by atoms with Crippen molar-refractivity contribution in [2.45, 2.75) is 32.9 Å². The molecule has 122 valence electrons. The molecule has 0 spiro atoms. The molecule has 0 unspecified atom stereocenters. The molecule has 0 aliphatic rings. The summed E-state index contributed by atoms with van der Waals surface area (Å²) in [6.07, 6.45) is 1.28. The smallest absolute Gasteiger partial charge is 0.375 e. The molecule has 7 nitrogen and oxygen atoms in total. The number of carbonyl (C=O) groups excluding carboxylic acids is 2. The molecule has 0 bridgehead atoms. The summed E-state index contributed by atoms with van der Waals surface area (Å²) in [6, 6.07) is 6.97. The van der Waals surface area contributed by atoms with Gasteiger partial charge in [-0.15, -0.1) is 0 Å². The van der Waals surface area contributed by atoms with Gasteiger partial charge in [0.1, 0.15) is 11.9 Å². The third kappa shape index (κ3) is 4.38. The first-order valence-corrected chi connectivity index (χ1v) is 7.08. The Morgan fingerprint density at radius 1 is 1.22 bits per heavy atom. The lowest BCUT2D eigenvalue weighted by Gasteiger charge is -2.19. The highest BCUT2D eigenvalue weighted by atomic mass is 16.6. The average molecular weight is 317 g/mol. The highest BCUT2D eigenvalue weighted by Crippen LogP contribution is 2.14. The van der Waals surface area contributed by atoms with Crippen LogP contribution in [-0.2, 0) is 16.0 Å². The van der Waals surface area contributed by atoms with E-state index in [1.54, 1.807) is 18.2 Å². The van der Waals surface area contributed by atoms with Gasteiger partial charge in [0.2, 0.25) is 5.82 Å².